The van der Waals surface area contributed by atoms with Crippen molar-refractivity contribution in [3.63, 3.8) is 0 Å². The van der Waals surface area contributed by atoms with Crippen LogP contribution in [0.5, 0.6) is 0 Å². The maximum absolute atomic E-state index is 13.3. The van der Waals surface area contributed by atoms with Gasteiger partial charge in [0, 0.05) is 0 Å². The number of halogens is 1. The minimum Gasteiger partial charge on any atom is -0.207 e. The predicted octanol–water partition coefficient (Wildman–Crippen LogP) is 3.77. The van der Waals surface area contributed by atoms with Crippen molar-refractivity contribution in [2.24, 2.45) is 5.92 Å². The van der Waals surface area contributed by atoms with Crippen LogP contribution in [0.1, 0.15) is 27.7 Å². The first-order chi connectivity index (χ1) is 5.52. The van der Waals surface area contributed by atoms with Gasteiger partial charge in [0.25, 0.3) is 0 Å². The van der Waals surface area contributed by atoms with Crippen molar-refractivity contribution in [2.45, 2.75) is 27.7 Å². The zero-order valence-corrected chi connectivity index (χ0v) is 8.11. The Kier molecular flexibility index (Phi) is 2.51. The number of rotatable bonds is 0. The minimum atomic E-state index is -0.0758. The van der Waals surface area contributed by atoms with Crippen molar-refractivity contribution >= 4 is 0 Å². The average molecular weight is 166 g/mol. The van der Waals surface area contributed by atoms with Gasteiger partial charge in [-0.05, 0) is 43.9 Å². The summed E-state index contributed by atoms with van der Waals surface area (Å²) < 4.78 is 13.3. The molecule has 0 aromatic carbocycles. The van der Waals surface area contributed by atoms with E-state index in [0.29, 0.717) is 0 Å². The van der Waals surface area contributed by atoms with Gasteiger partial charge in [-0.25, -0.2) is 4.39 Å². The van der Waals surface area contributed by atoms with Gasteiger partial charge in [-0.1, -0.05) is 18.6 Å². The summed E-state index contributed by atoms with van der Waals surface area (Å²) in [5.41, 5.74) is 3.02. The summed E-state index contributed by atoms with van der Waals surface area (Å²) in [6, 6.07) is 0. The number of hydrogen-bond acceptors (Lipinski definition) is 0. The molecule has 0 saturated heterocycles. The van der Waals surface area contributed by atoms with E-state index in [2.05, 4.69) is 6.08 Å². The van der Waals surface area contributed by atoms with E-state index < -0.39 is 0 Å². The maximum atomic E-state index is 13.3. The van der Waals surface area contributed by atoms with E-state index in [4.69, 9.17) is 0 Å². The van der Waals surface area contributed by atoms with Gasteiger partial charge in [0.15, 0.2) is 0 Å². The lowest BCUT2D eigenvalue weighted by Gasteiger charge is -2.03. The zero-order chi connectivity index (χ0) is 9.30. The molecule has 0 fully saturated rings. The van der Waals surface area contributed by atoms with Gasteiger partial charge in [0.05, 0.1) is 0 Å². The summed E-state index contributed by atoms with van der Waals surface area (Å²) in [5.74, 6) is 0.130. The van der Waals surface area contributed by atoms with Crippen molar-refractivity contribution in [1.29, 1.82) is 0 Å². The molecule has 0 saturated carbocycles. The Balaban J connectivity index is 3.18. The first-order valence-corrected chi connectivity index (χ1v) is 4.26. The molecular weight excluding hydrogens is 151 g/mol. The van der Waals surface area contributed by atoms with E-state index >= 15 is 0 Å². The molecule has 0 amide bonds. The Bertz CT molecular complexity index is 251. The van der Waals surface area contributed by atoms with E-state index in [9.17, 15) is 4.39 Å². The Labute approximate surface area is 73.5 Å². The van der Waals surface area contributed by atoms with Crippen molar-refractivity contribution in [3.8, 4) is 0 Å². The Morgan fingerprint density at radius 1 is 1.08 bits per heavy atom. The monoisotopic (exact) mass is 166 g/mol. The highest BCUT2D eigenvalue weighted by atomic mass is 19.1. The molecule has 0 nitrogen and oxygen atoms in total. The third-order valence-electron chi connectivity index (χ3n) is 2.43. The first-order valence-electron chi connectivity index (χ1n) is 4.26. The van der Waals surface area contributed by atoms with E-state index in [0.717, 1.165) is 11.1 Å². The van der Waals surface area contributed by atoms with Crippen LogP contribution in [-0.2, 0) is 0 Å². The van der Waals surface area contributed by atoms with Gasteiger partial charge in [0.2, 0.25) is 0 Å². The molecule has 0 unspecified atom stereocenters. The van der Waals surface area contributed by atoms with E-state index in [1.54, 1.807) is 6.08 Å². The lowest BCUT2D eigenvalue weighted by molar-refractivity contribution is 0.638. The molecule has 0 spiro atoms. The minimum absolute atomic E-state index is 0.0758. The summed E-state index contributed by atoms with van der Waals surface area (Å²) in [6.45, 7) is 7.82. The van der Waals surface area contributed by atoms with Crippen molar-refractivity contribution in [3.05, 3.63) is 34.7 Å². The second-order valence-corrected chi connectivity index (χ2v) is 3.47. The van der Waals surface area contributed by atoms with Crippen LogP contribution in [0.15, 0.2) is 34.7 Å². The largest absolute Gasteiger partial charge is 0.207 e. The van der Waals surface area contributed by atoms with Crippen LogP contribution in [0, 0.1) is 5.92 Å². The fraction of sp³-hybridized carbons (Fsp3) is 0.455. The Hall–Kier alpha value is -0.850. The van der Waals surface area contributed by atoms with Crippen molar-refractivity contribution < 1.29 is 4.39 Å². The number of allylic oxidation sites excluding steroid dienone is 6. The summed E-state index contributed by atoms with van der Waals surface area (Å²) in [5, 5.41) is 0. The molecule has 1 aliphatic rings. The lowest BCUT2D eigenvalue weighted by atomic mass is 10.0. The van der Waals surface area contributed by atoms with Crippen LogP contribution in [0.3, 0.4) is 0 Å². The van der Waals surface area contributed by atoms with Crippen LogP contribution in [0.4, 0.5) is 4.39 Å². The van der Waals surface area contributed by atoms with E-state index in [1.165, 1.54) is 5.57 Å². The third kappa shape index (κ3) is 1.66. The fourth-order valence-corrected chi connectivity index (χ4v) is 1.40. The zero-order valence-electron chi connectivity index (χ0n) is 8.11. The quantitative estimate of drug-likeness (QED) is 0.514. The molecule has 0 heterocycles. The second-order valence-electron chi connectivity index (χ2n) is 3.47. The van der Waals surface area contributed by atoms with Crippen LogP contribution < -0.4 is 0 Å². The molecule has 0 N–H and O–H groups in total. The Morgan fingerprint density at radius 2 is 1.67 bits per heavy atom. The van der Waals surface area contributed by atoms with Gasteiger partial charge in [-0.15, -0.1) is 0 Å². The molecule has 1 rings (SSSR count). The average Bonchev–Trinajstić information content (AvgIpc) is 2.05. The van der Waals surface area contributed by atoms with E-state index in [-0.39, 0.29) is 11.7 Å². The molecule has 1 aliphatic carbocycles. The predicted molar refractivity (Wildman–Crippen MR) is 50.5 cm³/mol. The highest BCUT2D eigenvalue weighted by molar-refractivity contribution is 5.42. The first kappa shape index (κ1) is 9.24. The molecule has 0 aliphatic heterocycles. The molecule has 12 heavy (non-hydrogen) atoms. The van der Waals surface area contributed by atoms with Gasteiger partial charge in [-0.2, -0.15) is 0 Å². The molecule has 0 aromatic heterocycles. The molecule has 0 bridgehead atoms. The van der Waals surface area contributed by atoms with Crippen LogP contribution in [-0.4, -0.2) is 0 Å². The summed E-state index contributed by atoms with van der Waals surface area (Å²) in [4.78, 5) is 0. The van der Waals surface area contributed by atoms with Gasteiger partial charge in [0.1, 0.15) is 5.83 Å². The smallest absolute Gasteiger partial charge is 0.122 e. The topological polar surface area (TPSA) is 0 Å². The third-order valence-corrected chi connectivity index (χ3v) is 2.43. The number of hydrogen-bond donors (Lipinski definition) is 0. The Morgan fingerprint density at radius 3 is 2.25 bits per heavy atom. The highest BCUT2D eigenvalue weighted by Gasteiger charge is 2.10. The maximum Gasteiger partial charge on any atom is 0.122 e. The highest BCUT2D eigenvalue weighted by Crippen LogP contribution is 2.27. The standard InChI is InChI=1S/C11H15F/c1-7-5-8(2)9(3)10(4)11(12)6-7/h5-7H,1-4H3/t7-/m0/s1. The van der Waals surface area contributed by atoms with Crippen molar-refractivity contribution in [2.75, 3.05) is 0 Å². The van der Waals surface area contributed by atoms with Crippen LogP contribution >= 0.6 is 0 Å². The van der Waals surface area contributed by atoms with Crippen molar-refractivity contribution in [1.82, 2.24) is 0 Å². The van der Waals surface area contributed by atoms with Gasteiger partial charge in [-0.3, -0.25) is 0 Å². The molecule has 0 aromatic rings. The molecule has 66 valence electrons. The van der Waals surface area contributed by atoms with Crippen LogP contribution in [0.25, 0.3) is 0 Å². The molecular formula is C11H15F. The second kappa shape index (κ2) is 3.26. The summed E-state index contributed by atoms with van der Waals surface area (Å²) in [7, 11) is 0. The van der Waals surface area contributed by atoms with Gasteiger partial charge < -0.3 is 0 Å². The molecule has 1 heteroatoms. The summed E-state index contributed by atoms with van der Waals surface area (Å²) in [6.07, 6.45) is 3.75. The normalized spacial score (nSPS) is 24.9. The summed E-state index contributed by atoms with van der Waals surface area (Å²) >= 11 is 0. The SMILES string of the molecule is CC1=C[C@H](C)C=C(F)C(C)=C1C. The van der Waals surface area contributed by atoms with Crippen LogP contribution in [0.2, 0.25) is 0 Å². The van der Waals surface area contributed by atoms with E-state index in [1.807, 2.05) is 27.7 Å². The molecule has 1 atom stereocenters. The van der Waals surface area contributed by atoms with Gasteiger partial charge >= 0.3 is 0 Å². The fourth-order valence-electron chi connectivity index (χ4n) is 1.40. The lowest BCUT2D eigenvalue weighted by Crippen LogP contribution is -1.84. The molecule has 0 radical (unpaired) electrons.